The van der Waals surface area contributed by atoms with E-state index in [9.17, 15) is 4.39 Å². The SMILES string of the molecule is CC(C)CN(Cc1ccc(F)c(C#CCN)c1)C1CC1. The Balaban J connectivity index is 2.11. The van der Waals surface area contributed by atoms with E-state index < -0.39 is 0 Å². The fraction of sp³-hybridized carbons (Fsp3) is 0.529. The Bertz CT molecular complexity index is 509. The molecule has 1 saturated carbocycles. The van der Waals surface area contributed by atoms with Crippen LogP contribution in [-0.4, -0.2) is 24.0 Å². The van der Waals surface area contributed by atoms with Crippen LogP contribution in [0.3, 0.4) is 0 Å². The Labute approximate surface area is 121 Å². The molecule has 0 heterocycles. The van der Waals surface area contributed by atoms with E-state index in [2.05, 4.69) is 30.6 Å². The first-order valence-corrected chi connectivity index (χ1v) is 7.31. The summed E-state index contributed by atoms with van der Waals surface area (Å²) in [6, 6.07) is 5.93. The van der Waals surface area contributed by atoms with Gasteiger partial charge in [0.05, 0.1) is 12.1 Å². The zero-order valence-corrected chi connectivity index (χ0v) is 12.3. The number of nitrogens with two attached hydrogens (primary N) is 1. The van der Waals surface area contributed by atoms with Crippen molar-refractivity contribution in [3.8, 4) is 11.8 Å². The van der Waals surface area contributed by atoms with Crippen molar-refractivity contribution in [2.75, 3.05) is 13.1 Å². The molecule has 0 aliphatic heterocycles. The van der Waals surface area contributed by atoms with Crippen molar-refractivity contribution in [3.63, 3.8) is 0 Å². The van der Waals surface area contributed by atoms with Crippen molar-refractivity contribution in [2.24, 2.45) is 11.7 Å². The molecule has 1 aromatic carbocycles. The van der Waals surface area contributed by atoms with E-state index in [0.717, 1.165) is 18.7 Å². The first kappa shape index (κ1) is 15.0. The summed E-state index contributed by atoms with van der Waals surface area (Å²) in [5, 5.41) is 0. The first-order chi connectivity index (χ1) is 9.60. The molecule has 20 heavy (non-hydrogen) atoms. The smallest absolute Gasteiger partial charge is 0.138 e. The summed E-state index contributed by atoms with van der Waals surface area (Å²) >= 11 is 0. The van der Waals surface area contributed by atoms with Crippen LogP contribution in [0.4, 0.5) is 4.39 Å². The molecule has 0 radical (unpaired) electrons. The third-order valence-electron chi connectivity index (χ3n) is 3.40. The maximum Gasteiger partial charge on any atom is 0.138 e. The Kier molecular flexibility index (Phi) is 5.17. The van der Waals surface area contributed by atoms with Gasteiger partial charge in [0.25, 0.3) is 0 Å². The minimum absolute atomic E-state index is 0.255. The number of benzene rings is 1. The fourth-order valence-corrected chi connectivity index (χ4v) is 2.40. The molecule has 0 spiro atoms. The molecule has 2 nitrogen and oxygen atoms in total. The molecule has 1 aliphatic carbocycles. The van der Waals surface area contributed by atoms with Gasteiger partial charge in [-0.2, -0.15) is 0 Å². The molecule has 2 N–H and O–H groups in total. The van der Waals surface area contributed by atoms with Gasteiger partial charge in [0.15, 0.2) is 0 Å². The second-order valence-electron chi connectivity index (χ2n) is 5.87. The van der Waals surface area contributed by atoms with E-state index in [4.69, 9.17) is 5.73 Å². The van der Waals surface area contributed by atoms with Gasteiger partial charge in [-0.15, -0.1) is 0 Å². The van der Waals surface area contributed by atoms with Crippen LogP contribution in [0.15, 0.2) is 18.2 Å². The summed E-state index contributed by atoms with van der Waals surface area (Å²) in [4.78, 5) is 2.50. The lowest BCUT2D eigenvalue weighted by molar-refractivity contribution is 0.226. The molecule has 0 aromatic heterocycles. The summed E-state index contributed by atoms with van der Waals surface area (Å²) in [5.74, 6) is 5.90. The molecule has 0 unspecified atom stereocenters. The second kappa shape index (κ2) is 6.88. The summed E-state index contributed by atoms with van der Waals surface area (Å²) in [5.41, 5.74) is 6.92. The number of halogens is 1. The van der Waals surface area contributed by atoms with Crippen LogP contribution in [0.1, 0.15) is 37.8 Å². The van der Waals surface area contributed by atoms with Crippen molar-refractivity contribution in [1.82, 2.24) is 4.90 Å². The molecular formula is C17H23FN2. The van der Waals surface area contributed by atoms with E-state index in [-0.39, 0.29) is 12.4 Å². The van der Waals surface area contributed by atoms with Gasteiger partial charge in [0, 0.05) is 19.1 Å². The quantitative estimate of drug-likeness (QED) is 0.837. The Hall–Kier alpha value is -1.37. The van der Waals surface area contributed by atoms with Gasteiger partial charge in [-0.25, -0.2) is 4.39 Å². The molecule has 108 valence electrons. The van der Waals surface area contributed by atoms with Gasteiger partial charge in [0.1, 0.15) is 5.82 Å². The number of hydrogen-bond acceptors (Lipinski definition) is 2. The molecule has 3 heteroatoms. The largest absolute Gasteiger partial charge is 0.320 e. The topological polar surface area (TPSA) is 29.3 Å². The third-order valence-corrected chi connectivity index (χ3v) is 3.40. The third kappa shape index (κ3) is 4.33. The molecule has 1 aliphatic rings. The Morgan fingerprint density at radius 3 is 2.75 bits per heavy atom. The summed E-state index contributed by atoms with van der Waals surface area (Å²) in [6.07, 6.45) is 2.57. The van der Waals surface area contributed by atoms with E-state index >= 15 is 0 Å². The highest BCUT2D eigenvalue weighted by atomic mass is 19.1. The number of nitrogens with zero attached hydrogens (tertiary/aromatic N) is 1. The van der Waals surface area contributed by atoms with Gasteiger partial charge in [-0.3, -0.25) is 4.90 Å². The summed E-state index contributed by atoms with van der Waals surface area (Å²) < 4.78 is 13.7. The van der Waals surface area contributed by atoms with Crippen molar-refractivity contribution in [1.29, 1.82) is 0 Å². The average molecular weight is 274 g/mol. The number of rotatable bonds is 5. The monoisotopic (exact) mass is 274 g/mol. The van der Waals surface area contributed by atoms with Crippen LogP contribution < -0.4 is 5.73 Å². The lowest BCUT2D eigenvalue weighted by Crippen LogP contribution is -2.29. The van der Waals surface area contributed by atoms with Crippen molar-refractivity contribution in [3.05, 3.63) is 35.1 Å². The average Bonchev–Trinajstić information content (AvgIpc) is 3.22. The summed E-state index contributed by atoms with van der Waals surface area (Å²) in [7, 11) is 0. The molecule has 1 aromatic rings. The lowest BCUT2D eigenvalue weighted by Gasteiger charge is -2.24. The standard InChI is InChI=1S/C17H23FN2/c1-13(2)11-20(16-6-7-16)12-14-5-8-17(18)15(10-14)4-3-9-19/h5,8,10,13,16H,6-7,9,11-12,19H2,1-2H3. The van der Waals surface area contributed by atoms with Crippen LogP contribution in [-0.2, 0) is 6.54 Å². The zero-order valence-electron chi connectivity index (χ0n) is 12.3. The fourth-order valence-electron chi connectivity index (χ4n) is 2.40. The van der Waals surface area contributed by atoms with E-state index in [1.165, 1.54) is 18.9 Å². The first-order valence-electron chi connectivity index (χ1n) is 7.31. The molecular weight excluding hydrogens is 251 g/mol. The predicted molar refractivity (Wildman–Crippen MR) is 80.6 cm³/mol. The van der Waals surface area contributed by atoms with Gasteiger partial charge in [-0.05, 0) is 36.5 Å². The highest BCUT2D eigenvalue weighted by molar-refractivity contribution is 5.38. The predicted octanol–water partition coefficient (Wildman–Crippen LogP) is 2.76. The molecule has 0 bridgehead atoms. The van der Waals surface area contributed by atoms with Crippen molar-refractivity contribution >= 4 is 0 Å². The van der Waals surface area contributed by atoms with E-state index in [0.29, 0.717) is 17.5 Å². The van der Waals surface area contributed by atoms with Gasteiger partial charge < -0.3 is 5.73 Å². The second-order valence-corrected chi connectivity index (χ2v) is 5.87. The van der Waals surface area contributed by atoms with Crippen LogP contribution >= 0.6 is 0 Å². The van der Waals surface area contributed by atoms with E-state index in [1.54, 1.807) is 0 Å². The van der Waals surface area contributed by atoms with E-state index in [1.807, 2.05) is 12.1 Å². The van der Waals surface area contributed by atoms with Crippen LogP contribution in [0, 0.1) is 23.6 Å². The Morgan fingerprint density at radius 1 is 1.40 bits per heavy atom. The minimum Gasteiger partial charge on any atom is -0.320 e. The van der Waals surface area contributed by atoms with Crippen LogP contribution in [0.2, 0.25) is 0 Å². The van der Waals surface area contributed by atoms with Gasteiger partial charge in [-0.1, -0.05) is 31.8 Å². The van der Waals surface area contributed by atoms with Crippen molar-refractivity contribution in [2.45, 2.75) is 39.3 Å². The minimum atomic E-state index is -0.267. The molecule has 0 amide bonds. The molecule has 0 atom stereocenters. The Morgan fingerprint density at radius 2 is 2.15 bits per heavy atom. The normalized spacial score (nSPS) is 14.5. The molecule has 1 fully saturated rings. The van der Waals surface area contributed by atoms with Gasteiger partial charge in [0.2, 0.25) is 0 Å². The maximum atomic E-state index is 13.7. The number of hydrogen-bond donors (Lipinski definition) is 1. The van der Waals surface area contributed by atoms with Crippen LogP contribution in [0.5, 0.6) is 0 Å². The van der Waals surface area contributed by atoms with Crippen molar-refractivity contribution < 1.29 is 4.39 Å². The van der Waals surface area contributed by atoms with Gasteiger partial charge >= 0.3 is 0 Å². The maximum absolute atomic E-state index is 13.7. The highest BCUT2D eigenvalue weighted by Crippen LogP contribution is 2.29. The summed E-state index contributed by atoms with van der Waals surface area (Å²) in [6.45, 7) is 6.69. The lowest BCUT2D eigenvalue weighted by atomic mass is 10.1. The zero-order chi connectivity index (χ0) is 14.5. The molecule has 0 saturated heterocycles. The molecule has 2 rings (SSSR count). The van der Waals surface area contributed by atoms with Crippen LogP contribution in [0.25, 0.3) is 0 Å². The highest BCUT2D eigenvalue weighted by Gasteiger charge is 2.29.